The number of rotatable bonds is 3. The van der Waals surface area contributed by atoms with E-state index in [0.717, 1.165) is 25.9 Å². The van der Waals surface area contributed by atoms with Crippen LogP contribution in [-0.2, 0) is 0 Å². The Morgan fingerprint density at radius 3 is 2.63 bits per heavy atom. The first kappa shape index (κ1) is 12.5. The molecule has 0 aliphatic carbocycles. The molecular formula is C14H12ClN3S. The Hall–Kier alpha value is -1.49. The van der Waals surface area contributed by atoms with E-state index >= 15 is 0 Å². The molecule has 0 spiro atoms. The Labute approximate surface area is 120 Å². The monoisotopic (exact) mass is 289 g/mol. The van der Waals surface area contributed by atoms with E-state index in [9.17, 15) is 0 Å². The molecule has 3 rings (SSSR count). The number of benzene rings is 1. The molecule has 1 aromatic carbocycles. The molecule has 1 unspecified atom stereocenters. The van der Waals surface area contributed by atoms with Gasteiger partial charge in [-0.1, -0.05) is 23.7 Å². The van der Waals surface area contributed by atoms with Crippen LogP contribution in [0.1, 0.15) is 16.6 Å². The number of hydrogen-bond donors (Lipinski definition) is 1. The van der Waals surface area contributed by atoms with Crippen LogP contribution in [0.3, 0.4) is 0 Å². The fraction of sp³-hybridized carbons (Fsp3) is 0.143. The normalized spacial score (nSPS) is 12.7. The highest BCUT2D eigenvalue weighted by Crippen LogP contribution is 2.30. The Kier molecular flexibility index (Phi) is 3.46. The van der Waals surface area contributed by atoms with Gasteiger partial charge in [0.15, 0.2) is 0 Å². The van der Waals surface area contributed by atoms with Gasteiger partial charge >= 0.3 is 0 Å². The summed E-state index contributed by atoms with van der Waals surface area (Å²) in [6, 6.07) is 11.8. The number of hydrogen-bond acceptors (Lipinski definition) is 4. The molecule has 0 saturated heterocycles. The van der Waals surface area contributed by atoms with Crippen LogP contribution in [-0.4, -0.2) is 17.0 Å². The maximum Gasteiger partial charge on any atom is 0.0931 e. The lowest BCUT2D eigenvalue weighted by molar-refractivity contribution is 0.682. The lowest BCUT2D eigenvalue weighted by Gasteiger charge is -2.13. The molecule has 0 amide bonds. The third-order valence-electron chi connectivity index (χ3n) is 2.93. The largest absolute Gasteiger partial charge is 0.307 e. The minimum Gasteiger partial charge on any atom is -0.307 e. The number of halogens is 1. The highest BCUT2D eigenvalue weighted by atomic mass is 35.5. The SMILES string of the molecule is CNC(c1cnc2ccccc2n1)c1ccc(Cl)s1. The van der Waals surface area contributed by atoms with Gasteiger partial charge in [-0.3, -0.25) is 4.98 Å². The Balaban J connectivity index is 2.06. The third kappa shape index (κ3) is 2.47. The molecule has 0 aliphatic heterocycles. The molecule has 1 atom stereocenters. The van der Waals surface area contributed by atoms with E-state index in [-0.39, 0.29) is 6.04 Å². The smallest absolute Gasteiger partial charge is 0.0931 e. The van der Waals surface area contributed by atoms with Gasteiger partial charge in [-0.05, 0) is 31.3 Å². The zero-order valence-electron chi connectivity index (χ0n) is 10.3. The summed E-state index contributed by atoms with van der Waals surface area (Å²) in [5, 5.41) is 3.26. The maximum absolute atomic E-state index is 6.00. The van der Waals surface area contributed by atoms with E-state index < -0.39 is 0 Å². The van der Waals surface area contributed by atoms with Crippen LogP contribution in [0.2, 0.25) is 4.34 Å². The predicted molar refractivity (Wildman–Crippen MR) is 79.8 cm³/mol. The van der Waals surface area contributed by atoms with E-state index in [1.807, 2.05) is 49.6 Å². The van der Waals surface area contributed by atoms with Crippen molar-refractivity contribution in [1.82, 2.24) is 15.3 Å². The lowest BCUT2D eigenvalue weighted by atomic mass is 10.1. The second-order valence-electron chi connectivity index (χ2n) is 4.15. The molecule has 0 saturated carbocycles. The quantitative estimate of drug-likeness (QED) is 0.800. The van der Waals surface area contributed by atoms with Crippen LogP contribution in [0.5, 0.6) is 0 Å². The molecule has 5 heteroatoms. The molecular weight excluding hydrogens is 278 g/mol. The molecule has 19 heavy (non-hydrogen) atoms. The predicted octanol–water partition coefficient (Wildman–Crippen LogP) is 3.65. The average Bonchev–Trinajstić information content (AvgIpc) is 2.86. The van der Waals surface area contributed by atoms with Crippen molar-refractivity contribution in [2.75, 3.05) is 7.05 Å². The summed E-state index contributed by atoms with van der Waals surface area (Å²) in [4.78, 5) is 10.3. The van der Waals surface area contributed by atoms with E-state index in [2.05, 4.69) is 15.3 Å². The van der Waals surface area contributed by atoms with Crippen LogP contribution >= 0.6 is 22.9 Å². The number of aromatic nitrogens is 2. The topological polar surface area (TPSA) is 37.8 Å². The summed E-state index contributed by atoms with van der Waals surface area (Å²) in [5.74, 6) is 0. The Morgan fingerprint density at radius 1 is 1.16 bits per heavy atom. The second kappa shape index (κ2) is 5.25. The fourth-order valence-electron chi connectivity index (χ4n) is 2.03. The van der Waals surface area contributed by atoms with Gasteiger partial charge in [0, 0.05) is 4.88 Å². The van der Waals surface area contributed by atoms with Crippen molar-refractivity contribution in [2.24, 2.45) is 0 Å². The molecule has 3 nitrogen and oxygen atoms in total. The van der Waals surface area contributed by atoms with Crippen molar-refractivity contribution in [3.05, 3.63) is 57.5 Å². The third-order valence-corrected chi connectivity index (χ3v) is 4.23. The van der Waals surface area contributed by atoms with Crippen molar-refractivity contribution in [2.45, 2.75) is 6.04 Å². The highest BCUT2D eigenvalue weighted by molar-refractivity contribution is 7.16. The van der Waals surface area contributed by atoms with Crippen LogP contribution in [0.4, 0.5) is 0 Å². The van der Waals surface area contributed by atoms with Gasteiger partial charge in [0.1, 0.15) is 0 Å². The molecule has 0 bridgehead atoms. The van der Waals surface area contributed by atoms with Crippen molar-refractivity contribution in [3.8, 4) is 0 Å². The summed E-state index contributed by atoms with van der Waals surface area (Å²) < 4.78 is 0.781. The Morgan fingerprint density at radius 2 is 1.95 bits per heavy atom. The van der Waals surface area contributed by atoms with Crippen molar-refractivity contribution in [3.63, 3.8) is 0 Å². The summed E-state index contributed by atoms with van der Waals surface area (Å²) >= 11 is 7.55. The van der Waals surface area contributed by atoms with E-state index in [0.29, 0.717) is 0 Å². The number of nitrogens with zero attached hydrogens (tertiary/aromatic N) is 2. The molecule has 0 aliphatic rings. The summed E-state index contributed by atoms with van der Waals surface area (Å²) in [6.45, 7) is 0. The minimum absolute atomic E-state index is 0.0228. The van der Waals surface area contributed by atoms with Crippen molar-refractivity contribution < 1.29 is 0 Å². The fourth-order valence-corrected chi connectivity index (χ4v) is 3.21. The first-order valence-corrected chi connectivity index (χ1v) is 7.11. The summed E-state index contributed by atoms with van der Waals surface area (Å²) in [5.41, 5.74) is 2.72. The van der Waals surface area contributed by atoms with E-state index in [4.69, 9.17) is 11.6 Å². The van der Waals surface area contributed by atoms with Gasteiger partial charge in [-0.2, -0.15) is 0 Å². The van der Waals surface area contributed by atoms with Gasteiger partial charge in [0.05, 0.1) is 33.3 Å². The maximum atomic E-state index is 6.00. The number of nitrogens with one attached hydrogen (secondary N) is 1. The van der Waals surface area contributed by atoms with Crippen molar-refractivity contribution in [1.29, 1.82) is 0 Å². The van der Waals surface area contributed by atoms with Crippen LogP contribution in [0.15, 0.2) is 42.6 Å². The molecule has 2 aromatic heterocycles. The number of thiophene rings is 1. The first-order valence-electron chi connectivity index (χ1n) is 5.92. The first-order chi connectivity index (χ1) is 9.28. The molecule has 2 heterocycles. The van der Waals surface area contributed by atoms with Crippen LogP contribution < -0.4 is 5.32 Å². The Bertz CT molecular complexity index is 710. The number of fused-ring (bicyclic) bond motifs is 1. The minimum atomic E-state index is 0.0228. The van der Waals surface area contributed by atoms with Gasteiger partial charge < -0.3 is 5.32 Å². The van der Waals surface area contributed by atoms with Gasteiger partial charge in [-0.15, -0.1) is 11.3 Å². The standard InChI is InChI=1S/C14H12ClN3S/c1-16-14(12-6-7-13(15)19-12)11-8-17-9-4-2-3-5-10(9)18-11/h2-8,14,16H,1H3. The molecule has 0 radical (unpaired) electrons. The second-order valence-corrected chi connectivity index (χ2v) is 5.89. The average molecular weight is 290 g/mol. The van der Waals surface area contributed by atoms with Gasteiger partial charge in [0.25, 0.3) is 0 Å². The van der Waals surface area contributed by atoms with E-state index in [1.165, 1.54) is 0 Å². The zero-order chi connectivity index (χ0) is 13.2. The van der Waals surface area contributed by atoms with Crippen LogP contribution in [0.25, 0.3) is 11.0 Å². The lowest BCUT2D eigenvalue weighted by Crippen LogP contribution is -2.18. The summed E-state index contributed by atoms with van der Waals surface area (Å²) in [6.07, 6.45) is 1.82. The molecule has 96 valence electrons. The van der Waals surface area contributed by atoms with Crippen LogP contribution in [0, 0.1) is 0 Å². The summed E-state index contributed by atoms with van der Waals surface area (Å²) in [7, 11) is 1.91. The van der Waals surface area contributed by atoms with Crippen molar-refractivity contribution >= 4 is 34.0 Å². The van der Waals surface area contributed by atoms with Gasteiger partial charge in [0.2, 0.25) is 0 Å². The van der Waals surface area contributed by atoms with Gasteiger partial charge in [-0.25, -0.2) is 4.98 Å². The molecule has 1 N–H and O–H groups in total. The highest BCUT2D eigenvalue weighted by Gasteiger charge is 2.16. The zero-order valence-corrected chi connectivity index (χ0v) is 11.9. The van der Waals surface area contributed by atoms with E-state index in [1.54, 1.807) is 11.3 Å². The molecule has 3 aromatic rings. The molecule has 0 fully saturated rings. The number of para-hydroxylation sites is 2.